The third-order valence-corrected chi connectivity index (χ3v) is 6.60. The van der Waals surface area contributed by atoms with Gasteiger partial charge in [-0.1, -0.05) is 91.0 Å². The molecule has 4 rings (SSSR count). The Bertz CT molecular complexity index is 1570. The van der Waals surface area contributed by atoms with Crippen LogP contribution in [0.5, 0.6) is 0 Å². The first-order valence-corrected chi connectivity index (χ1v) is 13.5. The van der Waals surface area contributed by atoms with Gasteiger partial charge in [0.25, 0.3) is 5.69 Å². The first kappa shape index (κ1) is 30.3. The van der Waals surface area contributed by atoms with E-state index >= 15 is 0 Å². The number of nitro groups is 2. The van der Waals surface area contributed by atoms with Crippen LogP contribution in [0, 0.1) is 20.2 Å². The van der Waals surface area contributed by atoms with Gasteiger partial charge in [-0.2, -0.15) is 5.10 Å². The molecule has 0 aromatic heterocycles. The fourth-order valence-electron chi connectivity index (χ4n) is 4.36. The number of nitrogens with one attached hydrogen (secondary N) is 1. The van der Waals surface area contributed by atoms with Gasteiger partial charge in [0.15, 0.2) is 5.78 Å². The highest BCUT2D eigenvalue weighted by atomic mass is 16.6. The Labute approximate surface area is 247 Å². The monoisotopic (exact) mass is 579 g/mol. The van der Waals surface area contributed by atoms with Gasteiger partial charge in [0.2, 0.25) is 5.91 Å². The molecule has 1 amide bonds. The maximum absolute atomic E-state index is 13.5. The quantitative estimate of drug-likeness (QED) is 0.0770. The Morgan fingerprint density at radius 3 is 1.81 bits per heavy atom. The lowest BCUT2D eigenvalue weighted by atomic mass is 10.0. The zero-order chi connectivity index (χ0) is 30.6. The number of benzene rings is 4. The van der Waals surface area contributed by atoms with E-state index in [9.17, 15) is 29.8 Å². The van der Waals surface area contributed by atoms with Crippen LogP contribution >= 0.6 is 0 Å². The van der Waals surface area contributed by atoms with Crippen LogP contribution in [0.4, 0.5) is 17.1 Å². The standard InChI is InChI=1S/C32H29N5O6/c38-31(26-14-8-3-9-15-26)20-27(33-34-29-18-17-28(36(40)41)21-30(29)37(42)43)16-19-32(39)35(22-24-10-4-1-5-11-24)23-25-12-6-2-7-13-25/h1-15,17-18,21,34H,16,19-20,22-23H2/b33-27+. The fourth-order valence-corrected chi connectivity index (χ4v) is 4.36. The van der Waals surface area contributed by atoms with Crippen LogP contribution in [0.2, 0.25) is 0 Å². The third kappa shape index (κ3) is 8.89. The molecule has 0 saturated carbocycles. The normalized spacial score (nSPS) is 11.0. The van der Waals surface area contributed by atoms with Gasteiger partial charge in [0, 0.05) is 36.9 Å². The number of rotatable bonds is 14. The van der Waals surface area contributed by atoms with Crippen molar-refractivity contribution in [3.8, 4) is 0 Å². The molecule has 0 aliphatic heterocycles. The Morgan fingerprint density at radius 2 is 1.28 bits per heavy atom. The van der Waals surface area contributed by atoms with Crippen molar-refractivity contribution in [3.63, 3.8) is 0 Å². The molecule has 4 aromatic carbocycles. The van der Waals surface area contributed by atoms with Crippen molar-refractivity contribution in [3.05, 3.63) is 146 Å². The van der Waals surface area contributed by atoms with E-state index < -0.39 is 21.2 Å². The number of hydrogen-bond donors (Lipinski definition) is 1. The second-order valence-electron chi connectivity index (χ2n) is 9.69. The summed E-state index contributed by atoms with van der Waals surface area (Å²) in [7, 11) is 0. The molecule has 0 spiro atoms. The average molecular weight is 580 g/mol. The van der Waals surface area contributed by atoms with Crippen molar-refractivity contribution in [2.75, 3.05) is 5.43 Å². The zero-order valence-electron chi connectivity index (χ0n) is 23.2. The van der Waals surface area contributed by atoms with E-state index in [1.807, 2.05) is 60.7 Å². The largest absolute Gasteiger partial charge is 0.334 e. The number of carbonyl (C=O) groups excluding carboxylic acids is 2. The smallest absolute Gasteiger partial charge is 0.301 e. The molecule has 0 aliphatic rings. The van der Waals surface area contributed by atoms with Crippen LogP contribution in [0.1, 0.15) is 40.7 Å². The molecular weight excluding hydrogens is 550 g/mol. The molecule has 43 heavy (non-hydrogen) atoms. The van der Waals surface area contributed by atoms with E-state index in [4.69, 9.17) is 0 Å². The van der Waals surface area contributed by atoms with Gasteiger partial charge in [-0.15, -0.1) is 0 Å². The fraction of sp³-hybridized carbons (Fsp3) is 0.156. The highest BCUT2D eigenvalue weighted by molar-refractivity contribution is 6.10. The van der Waals surface area contributed by atoms with E-state index in [2.05, 4.69) is 10.5 Å². The molecule has 218 valence electrons. The van der Waals surface area contributed by atoms with Crippen molar-refractivity contribution in [1.29, 1.82) is 0 Å². The Hall–Kier alpha value is -5.71. The lowest BCUT2D eigenvalue weighted by Crippen LogP contribution is -2.30. The van der Waals surface area contributed by atoms with Crippen molar-refractivity contribution < 1.29 is 19.4 Å². The summed E-state index contributed by atoms with van der Waals surface area (Å²) >= 11 is 0. The number of amides is 1. The summed E-state index contributed by atoms with van der Waals surface area (Å²) in [6, 6.07) is 30.9. The van der Waals surface area contributed by atoms with E-state index in [1.54, 1.807) is 35.2 Å². The Kier molecular flexibility index (Phi) is 10.4. The topological polar surface area (TPSA) is 148 Å². The summed E-state index contributed by atoms with van der Waals surface area (Å²) in [6.45, 7) is 0.772. The summed E-state index contributed by atoms with van der Waals surface area (Å²) in [5.74, 6) is -0.397. The minimum atomic E-state index is -0.756. The lowest BCUT2D eigenvalue weighted by molar-refractivity contribution is -0.393. The summed E-state index contributed by atoms with van der Waals surface area (Å²) in [6.07, 6.45) is -0.00167. The number of carbonyl (C=O) groups is 2. The highest BCUT2D eigenvalue weighted by Crippen LogP contribution is 2.29. The number of ketones is 1. The van der Waals surface area contributed by atoms with Gasteiger partial charge in [0.05, 0.1) is 22.3 Å². The number of Topliss-reactive ketones (excluding diaryl/α,β-unsaturated/α-hetero) is 1. The van der Waals surface area contributed by atoms with Crippen molar-refractivity contribution in [2.45, 2.75) is 32.4 Å². The molecule has 0 fully saturated rings. The number of nitro benzene ring substituents is 2. The molecule has 0 atom stereocenters. The van der Waals surface area contributed by atoms with Crippen LogP contribution in [-0.4, -0.2) is 32.1 Å². The van der Waals surface area contributed by atoms with Gasteiger partial charge in [0.1, 0.15) is 5.69 Å². The summed E-state index contributed by atoms with van der Waals surface area (Å²) in [4.78, 5) is 49.5. The van der Waals surface area contributed by atoms with Gasteiger partial charge >= 0.3 is 5.69 Å². The number of nitrogens with zero attached hydrogens (tertiary/aromatic N) is 4. The SMILES string of the molecule is O=C(C/C(CCC(=O)N(Cc1ccccc1)Cc1ccccc1)=N/Nc1ccc([N+](=O)[O-])cc1[N+](=O)[O-])c1ccccc1. The molecule has 0 bridgehead atoms. The van der Waals surface area contributed by atoms with Crippen molar-refractivity contribution in [1.82, 2.24) is 4.90 Å². The predicted octanol–water partition coefficient (Wildman–Crippen LogP) is 6.55. The maximum atomic E-state index is 13.5. The second-order valence-corrected chi connectivity index (χ2v) is 9.69. The summed E-state index contributed by atoms with van der Waals surface area (Å²) < 4.78 is 0. The average Bonchev–Trinajstić information content (AvgIpc) is 3.03. The number of anilines is 1. The number of hydrogen-bond acceptors (Lipinski definition) is 8. The molecule has 4 aromatic rings. The van der Waals surface area contributed by atoms with Crippen LogP contribution < -0.4 is 5.43 Å². The Balaban J connectivity index is 1.56. The molecule has 0 unspecified atom stereocenters. The molecule has 1 N–H and O–H groups in total. The molecule has 0 radical (unpaired) electrons. The van der Waals surface area contributed by atoms with Crippen LogP contribution in [-0.2, 0) is 17.9 Å². The van der Waals surface area contributed by atoms with Crippen molar-refractivity contribution >= 4 is 34.5 Å². The maximum Gasteiger partial charge on any atom is 0.301 e. The first-order chi connectivity index (χ1) is 20.8. The van der Waals surface area contributed by atoms with Gasteiger partial charge < -0.3 is 4.90 Å². The second kappa shape index (κ2) is 14.8. The van der Waals surface area contributed by atoms with E-state index in [0.717, 1.165) is 23.3 Å². The van der Waals surface area contributed by atoms with E-state index in [-0.39, 0.29) is 36.6 Å². The molecule has 0 aliphatic carbocycles. The van der Waals surface area contributed by atoms with Gasteiger partial charge in [-0.25, -0.2) is 0 Å². The molecule has 11 nitrogen and oxygen atoms in total. The Morgan fingerprint density at radius 1 is 0.721 bits per heavy atom. The summed E-state index contributed by atoms with van der Waals surface area (Å²) in [5.41, 5.74) is 4.22. The van der Waals surface area contributed by atoms with Crippen LogP contribution in [0.25, 0.3) is 0 Å². The van der Waals surface area contributed by atoms with Crippen molar-refractivity contribution in [2.24, 2.45) is 5.10 Å². The first-order valence-electron chi connectivity index (χ1n) is 13.5. The molecule has 0 saturated heterocycles. The van der Waals surface area contributed by atoms with E-state index in [0.29, 0.717) is 24.4 Å². The van der Waals surface area contributed by atoms with Crippen LogP contribution in [0.15, 0.2) is 114 Å². The van der Waals surface area contributed by atoms with Gasteiger partial charge in [-0.3, -0.25) is 35.2 Å². The number of non-ortho nitro benzene ring substituents is 1. The highest BCUT2D eigenvalue weighted by Gasteiger charge is 2.21. The predicted molar refractivity (Wildman–Crippen MR) is 163 cm³/mol. The van der Waals surface area contributed by atoms with E-state index in [1.165, 1.54) is 6.07 Å². The zero-order valence-corrected chi connectivity index (χ0v) is 23.2. The molecule has 11 heteroatoms. The molecular formula is C32H29N5O6. The van der Waals surface area contributed by atoms with Crippen LogP contribution in [0.3, 0.4) is 0 Å². The van der Waals surface area contributed by atoms with Gasteiger partial charge in [-0.05, 0) is 23.6 Å². The minimum Gasteiger partial charge on any atom is -0.334 e. The third-order valence-electron chi connectivity index (χ3n) is 6.60. The lowest BCUT2D eigenvalue weighted by Gasteiger charge is -2.23. The molecule has 0 heterocycles. The minimum absolute atomic E-state index is 0.0323. The summed E-state index contributed by atoms with van der Waals surface area (Å²) in [5, 5.41) is 27.0. The number of hydrazone groups is 1.